The number of aromatic nitrogens is 1. The van der Waals surface area contributed by atoms with E-state index in [0.717, 1.165) is 21.7 Å². The van der Waals surface area contributed by atoms with E-state index in [2.05, 4.69) is 31.2 Å². The first-order valence-corrected chi connectivity index (χ1v) is 24.1. The summed E-state index contributed by atoms with van der Waals surface area (Å²) in [4.78, 5) is 115. The minimum absolute atomic E-state index is 0.0289. The molecule has 70 heavy (non-hydrogen) atoms. The monoisotopic (exact) mass is 989 g/mol. The van der Waals surface area contributed by atoms with Gasteiger partial charge in [0, 0.05) is 63.0 Å². The van der Waals surface area contributed by atoms with Gasteiger partial charge in [-0.2, -0.15) is 0 Å². The highest BCUT2D eigenvalue weighted by Crippen LogP contribution is 2.41. The molecule has 1 saturated carbocycles. The Morgan fingerprint density at radius 1 is 0.957 bits per heavy atom. The lowest BCUT2D eigenvalue weighted by molar-refractivity contribution is -0.164. The van der Waals surface area contributed by atoms with Crippen LogP contribution >= 0.6 is 11.3 Å². The van der Waals surface area contributed by atoms with E-state index < -0.39 is 89.4 Å². The molecule has 3 aromatic rings. The molecule has 2 saturated heterocycles. The van der Waals surface area contributed by atoms with E-state index in [9.17, 15) is 43.5 Å². The van der Waals surface area contributed by atoms with Gasteiger partial charge < -0.3 is 65.8 Å². The van der Waals surface area contributed by atoms with Crippen molar-refractivity contribution in [2.75, 3.05) is 51.6 Å². The van der Waals surface area contributed by atoms with Crippen molar-refractivity contribution in [3.8, 4) is 10.4 Å². The zero-order valence-corrected chi connectivity index (χ0v) is 41.0. The van der Waals surface area contributed by atoms with Crippen LogP contribution in [0.15, 0.2) is 54.0 Å². The highest BCUT2D eigenvalue weighted by atomic mass is 32.1. The van der Waals surface area contributed by atoms with Crippen LogP contribution in [0.1, 0.15) is 88.8 Å². The van der Waals surface area contributed by atoms with E-state index in [0.29, 0.717) is 44.6 Å². The summed E-state index contributed by atoms with van der Waals surface area (Å²) in [6.07, 6.45) is -2.65. The number of anilines is 1. The van der Waals surface area contributed by atoms with Crippen LogP contribution in [0.3, 0.4) is 0 Å². The normalized spacial score (nSPS) is 19.5. The molecule has 3 heterocycles. The number of hydrogen-bond acceptors (Lipinski definition) is 15. The summed E-state index contributed by atoms with van der Waals surface area (Å²) in [6.45, 7) is 10.6. The number of aldehydes is 1. The van der Waals surface area contributed by atoms with Gasteiger partial charge in [0.05, 0.1) is 28.2 Å². The van der Waals surface area contributed by atoms with E-state index in [1.54, 1.807) is 55.4 Å². The van der Waals surface area contributed by atoms with Gasteiger partial charge in [0.15, 0.2) is 6.04 Å². The molecule has 3 aliphatic rings. The largest absolute Gasteiger partial charge is 0.509 e. The van der Waals surface area contributed by atoms with Gasteiger partial charge >= 0.3 is 30.2 Å². The van der Waals surface area contributed by atoms with Crippen molar-refractivity contribution in [3.63, 3.8) is 0 Å². The second-order valence-electron chi connectivity index (χ2n) is 19.0. The van der Waals surface area contributed by atoms with Gasteiger partial charge in [0.25, 0.3) is 5.91 Å². The molecule has 3 fully saturated rings. The SMILES string of the molecule is Cc1ncsc1-c1ccc([C@H](C)NC(=O)N2CC[C@H](OC(=O)O[C@H](C(=O)N3CCN(C)CC3)c3ccc(N[C@H](CNC(N)=O)C[C@@H](C=O)NC(=O)C4(C(=O)O)CCC4)cc3)[C@H]2C(=O)OC(C)(C)C)cc1. The number of amides is 6. The Morgan fingerprint density at radius 3 is 2.17 bits per heavy atom. The number of nitrogens with two attached hydrogens (primary N) is 1. The van der Waals surface area contributed by atoms with Crippen LogP contribution in [-0.4, -0.2) is 149 Å². The van der Waals surface area contributed by atoms with E-state index in [-0.39, 0.29) is 44.3 Å². The van der Waals surface area contributed by atoms with Gasteiger partial charge in [-0.3, -0.25) is 14.4 Å². The zero-order chi connectivity index (χ0) is 50.9. The lowest BCUT2D eigenvalue weighted by Crippen LogP contribution is -2.54. The van der Waals surface area contributed by atoms with Crippen molar-refractivity contribution in [1.82, 2.24) is 35.6 Å². The number of aryl methyl sites for hydroxylation is 1. The summed E-state index contributed by atoms with van der Waals surface area (Å²) < 4.78 is 17.4. The second-order valence-corrected chi connectivity index (χ2v) is 19.8. The van der Waals surface area contributed by atoms with Crippen LogP contribution in [0.4, 0.5) is 20.1 Å². The number of thiazole rings is 1. The number of carboxylic acid groups (broad SMARTS) is 1. The van der Waals surface area contributed by atoms with Crippen molar-refractivity contribution >= 4 is 65.3 Å². The highest BCUT2D eigenvalue weighted by molar-refractivity contribution is 7.13. The van der Waals surface area contributed by atoms with E-state index in [1.807, 2.05) is 45.2 Å². The maximum Gasteiger partial charge on any atom is 0.509 e. The van der Waals surface area contributed by atoms with Crippen LogP contribution in [-0.2, 0) is 38.2 Å². The van der Waals surface area contributed by atoms with Crippen molar-refractivity contribution in [2.24, 2.45) is 11.1 Å². The topological polar surface area (TPSA) is 281 Å². The molecule has 1 aliphatic carbocycles. The fourth-order valence-electron chi connectivity index (χ4n) is 8.55. The number of esters is 1. The number of nitrogens with zero attached hydrogens (tertiary/aromatic N) is 4. The number of likely N-dealkylation sites (N-methyl/N-ethyl adjacent to an activating group) is 1. The van der Waals surface area contributed by atoms with Gasteiger partial charge in [0.2, 0.25) is 12.0 Å². The Morgan fingerprint density at radius 2 is 1.61 bits per heavy atom. The fraction of sp³-hybridized carbons (Fsp3) is 0.521. The van der Waals surface area contributed by atoms with Crippen LogP contribution in [0, 0.1) is 12.3 Å². The molecule has 2 aromatic carbocycles. The number of carboxylic acids is 1. The third kappa shape index (κ3) is 13.1. The highest BCUT2D eigenvalue weighted by Gasteiger charge is 2.52. The van der Waals surface area contributed by atoms with E-state index in [1.165, 1.54) is 16.2 Å². The molecule has 0 radical (unpaired) electrons. The average molecular weight is 990 g/mol. The van der Waals surface area contributed by atoms with Crippen molar-refractivity contribution in [1.29, 1.82) is 0 Å². The Kier molecular flexibility index (Phi) is 17.1. The van der Waals surface area contributed by atoms with E-state index in [4.69, 9.17) is 19.9 Å². The van der Waals surface area contributed by atoms with Crippen molar-refractivity contribution in [2.45, 2.75) is 109 Å². The molecule has 6 amide bonds. The lowest BCUT2D eigenvalue weighted by Gasteiger charge is -2.36. The first kappa shape index (κ1) is 52.6. The van der Waals surface area contributed by atoms with Crippen molar-refractivity contribution in [3.05, 3.63) is 70.9 Å². The Hall–Kier alpha value is -6.81. The number of nitrogens with one attached hydrogen (secondary N) is 4. The number of carbonyl (C=O) groups is 8. The van der Waals surface area contributed by atoms with Crippen LogP contribution in [0.25, 0.3) is 10.4 Å². The molecule has 0 spiro atoms. The molecule has 6 rings (SSSR count). The van der Waals surface area contributed by atoms with Crippen molar-refractivity contribution < 1.29 is 57.7 Å². The maximum atomic E-state index is 14.2. The average Bonchev–Trinajstić information content (AvgIpc) is 3.92. The van der Waals surface area contributed by atoms with Gasteiger partial charge in [-0.1, -0.05) is 42.8 Å². The number of carbonyl (C=O) groups excluding carboxylic acids is 7. The maximum absolute atomic E-state index is 14.2. The molecule has 22 heteroatoms. The molecular weight excluding hydrogens is 927 g/mol. The van der Waals surface area contributed by atoms with Gasteiger partial charge in [0.1, 0.15) is 23.4 Å². The molecule has 0 bridgehead atoms. The van der Waals surface area contributed by atoms with E-state index >= 15 is 0 Å². The zero-order valence-electron chi connectivity index (χ0n) is 40.2. The number of urea groups is 2. The number of piperazine rings is 1. The fourth-order valence-corrected chi connectivity index (χ4v) is 9.36. The molecule has 7 N–H and O–H groups in total. The molecule has 0 unspecified atom stereocenters. The number of likely N-dealkylation sites (tertiary alicyclic amines) is 1. The van der Waals surface area contributed by atoms with Crippen LogP contribution < -0.4 is 27.0 Å². The predicted octanol–water partition coefficient (Wildman–Crippen LogP) is 4.12. The number of rotatable bonds is 18. The Labute approximate surface area is 410 Å². The minimum atomic E-state index is -1.61. The Bertz CT molecular complexity index is 2380. The standard InChI is InChI=1S/C48H63N9O12S/c1-28(30-8-10-32(11-9-30)39-29(2)51-27-70-39)52-45(65)57-19-16-36(37(57)41(60)69-47(3,4)5)67-46(66)68-38(40(59)56-22-20-55(6)21-23-56)31-12-14-33(15-13-31)53-34(25-50-44(49)64)24-35(26-58)54-42(61)48(43(62)63)17-7-18-48/h8-15,26-28,34-38,53H,7,16-25H2,1-6H3,(H,52,65)(H,54,61)(H,62,63)(H3,49,50,64)/t28-,34-,35-,36-,37-,38-/m0/s1. The third-order valence-electron chi connectivity index (χ3n) is 12.7. The third-order valence-corrected chi connectivity index (χ3v) is 13.7. The Balaban J connectivity index is 1.17. The number of hydrogen-bond donors (Lipinski definition) is 6. The summed E-state index contributed by atoms with van der Waals surface area (Å²) in [7, 11) is 1.92. The lowest BCUT2D eigenvalue weighted by atomic mass is 9.68. The summed E-state index contributed by atoms with van der Waals surface area (Å²) in [5, 5.41) is 20.9. The second kappa shape index (κ2) is 22.7. The summed E-state index contributed by atoms with van der Waals surface area (Å²) in [5.41, 5.74) is 7.99. The van der Waals surface area contributed by atoms with Gasteiger partial charge in [-0.05, 0) is 84.2 Å². The molecule has 1 aromatic heterocycles. The van der Waals surface area contributed by atoms with Gasteiger partial charge in [-0.25, -0.2) is 24.2 Å². The summed E-state index contributed by atoms with van der Waals surface area (Å²) in [5.74, 6) is -3.36. The van der Waals surface area contributed by atoms with Gasteiger partial charge in [-0.15, -0.1) is 11.3 Å². The number of benzene rings is 2. The summed E-state index contributed by atoms with van der Waals surface area (Å²) >= 11 is 1.53. The molecule has 378 valence electrons. The summed E-state index contributed by atoms with van der Waals surface area (Å²) in [6, 6.07) is 8.88. The number of ether oxygens (including phenoxy) is 3. The smallest absolute Gasteiger partial charge is 0.480 e. The number of primary amides is 1. The predicted molar refractivity (Wildman–Crippen MR) is 256 cm³/mol. The minimum Gasteiger partial charge on any atom is -0.480 e. The molecule has 21 nitrogen and oxygen atoms in total. The number of aliphatic carboxylic acids is 1. The molecular formula is C48H63N9O12S. The molecule has 2 aliphatic heterocycles. The molecule has 6 atom stereocenters. The first-order valence-electron chi connectivity index (χ1n) is 23.2. The quantitative estimate of drug-likeness (QED) is 0.0594. The first-order chi connectivity index (χ1) is 33.2. The van der Waals surface area contributed by atoms with Crippen LogP contribution in [0.2, 0.25) is 0 Å². The van der Waals surface area contributed by atoms with Crippen LogP contribution in [0.5, 0.6) is 0 Å².